The van der Waals surface area contributed by atoms with E-state index in [1.54, 1.807) is 0 Å². The maximum absolute atomic E-state index is 6.22. The van der Waals surface area contributed by atoms with Crippen LogP contribution in [0.25, 0.3) is 0 Å². The summed E-state index contributed by atoms with van der Waals surface area (Å²) in [5.74, 6) is 2.35. The van der Waals surface area contributed by atoms with Crippen LogP contribution in [0.2, 0.25) is 0 Å². The monoisotopic (exact) mass is 224 g/mol. The van der Waals surface area contributed by atoms with E-state index in [2.05, 4.69) is 27.7 Å². The fourth-order valence-corrected chi connectivity index (χ4v) is 4.45. The SMILES string of the molecule is CC(C)C1(C(C)C)CCCC2CCCOC21. The van der Waals surface area contributed by atoms with Crippen LogP contribution in [0.3, 0.4) is 0 Å². The molecule has 0 bridgehead atoms. The highest BCUT2D eigenvalue weighted by atomic mass is 16.5. The molecule has 2 unspecified atom stereocenters. The van der Waals surface area contributed by atoms with Gasteiger partial charge in [-0.15, -0.1) is 0 Å². The van der Waals surface area contributed by atoms with Gasteiger partial charge in [0, 0.05) is 12.0 Å². The van der Waals surface area contributed by atoms with E-state index in [0.717, 1.165) is 24.4 Å². The Hall–Kier alpha value is -0.0400. The van der Waals surface area contributed by atoms with Crippen molar-refractivity contribution in [3.8, 4) is 0 Å². The van der Waals surface area contributed by atoms with E-state index in [1.165, 1.54) is 32.1 Å². The molecule has 0 aromatic heterocycles. The lowest BCUT2D eigenvalue weighted by Crippen LogP contribution is -2.53. The number of rotatable bonds is 2. The first-order valence-corrected chi connectivity index (χ1v) is 7.20. The van der Waals surface area contributed by atoms with Gasteiger partial charge in [0.05, 0.1) is 6.10 Å². The maximum Gasteiger partial charge on any atom is 0.0664 e. The van der Waals surface area contributed by atoms with Crippen LogP contribution < -0.4 is 0 Å². The van der Waals surface area contributed by atoms with Gasteiger partial charge in [-0.2, -0.15) is 0 Å². The second-order valence-corrected chi connectivity index (χ2v) is 6.51. The van der Waals surface area contributed by atoms with Crippen molar-refractivity contribution in [2.75, 3.05) is 6.61 Å². The number of hydrogen-bond donors (Lipinski definition) is 0. The van der Waals surface area contributed by atoms with Crippen molar-refractivity contribution in [1.29, 1.82) is 0 Å². The summed E-state index contributed by atoms with van der Waals surface area (Å²) >= 11 is 0. The van der Waals surface area contributed by atoms with Crippen molar-refractivity contribution in [1.82, 2.24) is 0 Å². The molecule has 2 atom stereocenters. The second-order valence-electron chi connectivity index (χ2n) is 6.51. The lowest BCUT2D eigenvalue weighted by molar-refractivity contribution is -0.163. The zero-order valence-corrected chi connectivity index (χ0v) is 11.5. The summed E-state index contributed by atoms with van der Waals surface area (Å²) in [5, 5.41) is 0. The normalized spacial score (nSPS) is 34.1. The van der Waals surface area contributed by atoms with Crippen molar-refractivity contribution in [3.05, 3.63) is 0 Å². The third kappa shape index (κ3) is 1.81. The van der Waals surface area contributed by atoms with Crippen molar-refractivity contribution < 1.29 is 4.74 Å². The highest BCUT2D eigenvalue weighted by Crippen LogP contribution is 2.53. The third-order valence-electron chi connectivity index (χ3n) is 5.31. The van der Waals surface area contributed by atoms with Crippen LogP contribution in [-0.2, 0) is 4.74 Å². The van der Waals surface area contributed by atoms with Crippen LogP contribution in [0, 0.1) is 23.2 Å². The van der Waals surface area contributed by atoms with Crippen LogP contribution in [0.4, 0.5) is 0 Å². The fraction of sp³-hybridized carbons (Fsp3) is 1.00. The fourth-order valence-electron chi connectivity index (χ4n) is 4.45. The van der Waals surface area contributed by atoms with E-state index >= 15 is 0 Å². The zero-order valence-electron chi connectivity index (χ0n) is 11.5. The van der Waals surface area contributed by atoms with E-state index in [9.17, 15) is 0 Å². The average Bonchev–Trinajstić information content (AvgIpc) is 2.27. The molecular formula is C15H28O. The number of ether oxygens (including phenoxy) is 1. The summed E-state index contributed by atoms with van der Waals surface area (Å²) in [6.07, 6.45) is 7.45. The van der Waals surface area contributed by atoms with Crippen molar-refractivity contribution in [3.63, 3.8) is 0 Å². The Balaban J connectivity index is 2.27. The predicted molar refractivity (Wildman–Crippen MR) is 68.4 cm³/mol. The Morgan fingerprint density at radius 1 is 1.00 bits per heavy atom. The van der Waals surface area contributed by atoms with Gasteiger partial charge in [0.1, 0.15) is 0 Å². The molecule has 2 aliphatic rings. The summed E-state index contributed by atoms with van der Waals surface area (Å²) in [7, 11) is 0. The van der Waals surface area contributed by atoms with Gasteiger partial charge < -0.3 is 4.74 Å². The van der Waals surface area contributed by atoms with Crippen LogP contribution in [0.1, 0.15) is 59.8 Å². The molecule has 2 rings (SSSR count). The first-order chi connectivity index (χ1) is 7.59. The topological polar surface area (TPSA) is 9.23 Å². The van der Waals surface area contributed by atoms with E-state index in [-0.39, 0.29) is 0 Å². The molecule has 1 heterocycles. The quantitative estimate of drug-likeness (QED) is 0.681. The lowest BCUT2D eigenvalue weighted by Gasteiger charge is -2.54. The standard InChI is InChI=1S/C15H28O/c1-11(2)15(12(3)4)9-5-7-13-8-6-10-16-14(13)15/h11-14H,5-10H2,1-4H3. The van der Waals surface area contributed by atoms with Crippen molar-refractivity contribution >= 4 is 0 Å². The first kappa shape index (κ1) is 12.4. The summed E-state index contributed by atoms with van der Waals surface area (Å²) in [6, 6.07) is 0. The maximum atomic E-state index is 6.22. The highest BCUT2D eigenvalue weighted by Gasteiger charge is 2.50. The minimum Gasteiger partial charge on any atom is -0.377 e. The Kier molecular flexibility index (Phi) is 3.63. The van der Waals surface area contributed by atoms with Gasteiger partial charge in [0.2, 0.25) is 0 Å². The van der Waals surface area contributed by atoms with Crippen LogP contribution in [-0.4, -0.2) is 12.7 Å². The van der Waals surface area contributed by atoms with Crippen LogP contribution in [0.5, 0.6) is 0 Å². The summed E-state index contributed by atoms with van der Waals surface area (Å²) in [4.78, 5) is 0. The van der Waals surface area contributed by atoms with Crippen molar-refractivity contribution in [2.45, 2.75) is 65.9 Å². The second kappa shape index (κ2) is 4.68. The Labute approximate surface area is 101 Å². The van der Waals surface area contributed by atoms with Gasteiger partial charge in [0.25, 0.3) is 0 Å². The van der Waals surface area contributed by atoms with Gasteiger partial charge in [-0.05, 0) is 43.4 Å². The number of hydrogen-bond acceptors (Lipinski definition) is 1. The van der Waals surface area contributed by atoms with E-state index in [1.807, 2.05) is 0 Å². The molecule has 0 amide bonds. The van der Waals surface area contributed by atoms with E-state index in [4.69, 9.17) is 4.74 Å². The summed E-state index contributed by atoms with van der Waals surface area (Å²) in [5.41, 5.74) is 0.448. The highest BCUT2D eigenvalue weighted by molar-refractivity contribution is 4.99. The average molecular weight is 224 g/mol. The molecule has 0 radical (unpaired) electrons. The molecule has 94 valence electrons. The molecule has 1 aliphatic heterocycles. The summed E-state index contributed by atoms with van der Waals surface area (Å²) in [6.45, 7) is 10.6. The molecule has 0 aromatic rings. The molecule has 1 saturated carbocycles. The minimum absolute atomic E-state index is 0.448. The molecule has 1 heteroatoms. The molecule has 1 nitrogen and oxygen atoms in total. The zero-order chi connectivity index (χ0) is 11.8. The molecular weight excluding hydrogens is 196 g/mol. The Morgan fingerprint density at radius 2 is 1.62 bits per heavy atom. The van der Waals surface area contributed by atoms with Crippen LogP contribution >= 0.6 is 0 Å². The van der Waals surface area contributed by atoms with Gasteiger partial charge >= 0.3 is 0 Å². The predicted octanol–water partition coefficient (Wildman–Crippen LogP) is 4.26. The minimum atomic E-state index is 0.448. The Morgan fingerprint density at radius 3 is 2.25 bits per heavy atom. The molecule has 1 saturated heterocycles. The van der Waals surface area contributed by atoms with Gasteiger partial charge in [-0.1, -0.05) is 34.1 Å². The molecule has 1 aliphatic carbocycles. The lowest BCUT2D eigenvalue weighted by atomic mass is 9.55. The van der Waals surface area contributed by atoms with Crippen molar-refractivity contribution in [2.24, 2.45) is 23.2 Å². The van der Waals surface area contributed by atoms with E-state index in [0.29, 0.717) is 11.5 Å². The van der Waals surface area contributed by atoms with Crippen LogP contribution in [0.15, 0.2) is 0 Å². The van der Waals surface area contributed by atoms with Gasteiger partial charge in [-0.25, -0.2) is 0 Å². The molecule has 0 aromatic carbocycles. The van der Waals surface area contributed by atoms with E-state index < -0.39 is 0 Å². The van der Waals surface area contributed by atoms with Gasteiger partial charge in [0.15, 0.2) is 0 Å². The first-order valence-electron chi connectivity index (χ1n) is 7.20. The number of fused-ring (bicyclic) bond motifs is 1. The molecule has 16 heavy (non-hydrogen) atoms. The molecule has 2 fully saturated rings. The molecule has 0 spiro atoms. The summed E-state index contributed by atoms with van der Waals surface area (Å²) < 4.78 is 6.22. The van der Waals surface area contributed by atoms with Gasteiger partial charge in [-0.3, -0.25) is 0 Å². The largest absolute Gasteiger partial charge is 0.377 e. The third-order valence-corrected chi connectivity index (χ3v) is 5.31. The smallest absolute Gasteiger partial charge is 0.0664 e. The molecule has 0 N–H and O–H groups in total. The Bertz CT molecular complexity index is 222.